The van der Waals surface area contributed by atoms with Crippen LogP contribution in [-0.2, 0) is 16.3 Å². The SMILES string of the molecule is C.CCC(=O)c1ccc2c(c1)C(CC)(CC)c1cc([S+](c3ccc(C)cc3)c3ccc(C)cc3)ccc1-2. The Morgan fingerprint density at radius 2 is 1.11 bits per heavy atom. The molecule has 1 nitrogen and oxygen atoms in total. The number of carbonyl (C=O) groups is 1. The van der Waals surface area contributed by atoms with Crippen LogP contribution in [0.3, 0.4) is 0 Å². The van der Waals surface area contributed by atoms with Crippen LogP contribution in [0.5, 0.6) is 0 Å². The Kier molecular flexibility index (Phi) is 7.80. The summed E-state index contributed by atoms with van der Waals surface area (Å²) in [5, 5.41) is 0. The lowest BCUT2D eigenvalue weighted by molar-refractivity contribution is 0.0988. The third-order valence-corrected chi connectivity index (χ3v) is 10.1. The molecule has 4 aromatic carbocycles. The van der Waals surface area contributed by atoms with E-state index < -0.39 is 0 Å². The number of rotatable bonds is 7. The van der Waals surface area contributed by atoms with Gasteiger partial charge in [0, 0.05) is 17.4 Å². The second kappa shape index (κ2) is 10.7. The molecule has 0 aromatic heterocycles. The third-order valence-electron chi connectivity index (χ3n) is 7.93. The summed E-state index contributed by atoms with van der Waals surface area (Å²) < 4.78 is 0. The molecule has 0 heterocycles. The summed E-state index contributed by atoms with van der Waals surface area (Å²) in [5.74, 6) is 0.218. The maximum absolute atomic E-state index is 12.6. The molecule has 2 heteroatoms. The van der Waals surface area contributed by atoms with E-state index in [-0.39, 0.29) is 29.5 Å². The van der Waals surface area contributed by atoms with Crippen molar-refractivity contribution in [1.29, 1.82) is 0 Å². The monoisotopic (exact) mass is 507 g/mol. The first kappa shape index (κ1) is 26.9. The maximum atomic E-state index is 12.6. The average Bonchev–Trinajstić information content (AvgIpc) is 3.19. The summed E-state index contributed by atoms with van der Waals surface area (Å²) in [6.45, 7) is 10.8. The van der Waals surface area contributed by atoms with Gasteiger partial charge < -0.3 is 0 Å². The van der Waals surface area contributed by atoms with E-state index in [2.05, 4.69) is 107 Å². The molecule has 4 aromatic rings. The first-order valence-electron chi connectivity index (χ1n) is 13.1. The van der Waals surface area contributed by atoms with Gasteiger partial charge in [0.2, 0.25) is 0 Å². The van der Waals surface area contributed by atoms with Crippen molar-refractivity contribution in [2.75, 3.05) is 0 Å². The Morgan fingerprint density at radius 3 is 1.59 bits per heavy atom. The highest BCUT2D eigenvalue weighted by Crippen LogP contribution is 2.53. The van der Waals surface area contributed by atoms with Crippen molar-refractivity contribution in [1.82, 2.24) is 0 Å². The van der Waals surface area contributed by atoms with Crippen molar-refractivity contribution in [3.05, 3.63) is 113 Å². The van der Waals surface area contributed by atoms with Crippen LogP contribution in [0.15, 0.2) is 99.6 Å². The number of benzene rings is 4. The number of Topliss-reactive ketones (excluding diaryl/α,β-unsaturated/α-hetero) is 1. The van der Waals surface area contributed by atoms with E-state index in [1.54, 1.807) is 0 Å². The van der Waals surface area contributed by atoms with E-state index in [4.69, 9.17) is 0 Å². The van der Waals surface area contributed by atoms with Crippen LogP contribution in [0.4, 0.5) is 0 Å². The Labute approximate surface area is 226 Å². The van der Waals surface area contributed by atoms with Crippen LogP contribution in [0, 0.1) is 13.8 Å². The number of aryl methyl sites for hydroxylation is 2. The van der Waals surface area contributed by atoms with Crippen LogP contribution >= 0.6 is 0 Å². The Bertz CT molecular complexity index is 1360. The number of hydrogen-bond donors (Lipinski definition) is 0. The van der Waals surface area contributed by atoms with E-state index in [0.29, 0.717) is 6.42 Å². The topological polar surface area (TPSA) is 17.1 Å². The van der Waals surface area contributed by atoms with Gasteiger partial charge in [-0.3, -0.25) is 4.79 Å². The van der Waals surface area contributed by atoms with Gasteiger partial charge in [-0.15, -0.1) is 0 Å². The first-order chi connectivity index (χ1) is 17.4. The van der Waals surface area contributed by atoms with Crippen LogP contribution in [0.1, 0.15) is 80.1 Å². The van der Waals surface area contributed by atoms with E-state index in [0.717, 1.165) is 18.4 Å². The molecule has 0 fully saturated rings. The van der Waals surface area contributed by atoms with Crippen LogP contribution in [-0.4, -0.2) is 5.78 Å². The minimum atomic E-state index is -0.193. The smallest absolute Gasteiger partial charge is 0.166 e. The van der Waals surface area contributed by atoms with Crippen molar-refractivity contribution < 1.29 is 4.79 Å². The lowest BCUT2D eigenvalue weighted by Crippen LogP contribution is -2.24. The molecule has 0 saturated heterocycles. The fraction of sp³-hybridized carbons (Fsp3) is 0.286. The molecule has 0 atom stereocenters. The Hall–Kier alpha value is -3.10. The molecule has 1 aliphatic carbocycles. The summed E-state index contributed by atoms with van der Waals surface area (Å²) >= 11 is 0. The van der Waals surface area contributed by atoms with Crippen molar-refractivity contribution in [3.8, 4) is 11.1 Å². The summed E-state index contributed by atoms with van der Waals surface area (Å²) in [6, 6.07) is 31.6. The van der Waals surface area contributed by atoms with Gasteiger partial charge in [-0.05, 0) is 97.5 Å². The molecule has 1 aliphatic rings. The minimum absolute atomic E-state index is 0. The quantitative estimate of drug-likeness (QED) is 0.180. The predicted octanol–water partition coefficient (Wildman–Crippen LogP) is 9.71. The molecular formula is C35H39OS+. The molecule has 0 saturated carbocycles. The second-order valence-corrected chi connectivity index (χ2v) is 12.0. The highest BCUT2D eigenvalue weighted by molar-refractivity contribution is 7.97. The molecule has 37 heavy (non-hydrogen) atoms. The second-order valence-electron chi connectivity index (χ2n) is 9.97. The fourth-order valence-corrected chi connectivity index (χ4v) is 7.82. The predicted molar refractivity (Wildman–Crippen MR) is 159 cm³/mol. The molecular weight excluding hydrogens is 468 g/mol. The van der Waals surface area contributed by atoms with Gasteiger partial charge in [-0.2, -0.15) is 0 Å². The molecule has 0 N–H and O–H groups in total. The van der Waals surface area contributed by atoms with Gasteiger partial charge in [0.1, 0.15) is 0 Å². The normalized spacial score (nSPS) is 13.1. The van der Waals surface area contributed by atoms with E-state index in [9.17, 15) is 4.79 Å². The average molecular weight is 508 g/mol. The number of fused-ring (bicyclic) bond motifs is 3. The number of carbonyl (C=O) groups excluding carboxylic acids is 1. The molecule has 0 spiro atoms. The molecule has 0 unspecified atom stereocenters. The van der Waals surface area contributed by atoms with Crippen molar-refractivity contribution in [2.45, 2.75) is 81.4 Å². The van der Waals surface area contributed by atoms with Crippen LogP contribution < -0.4 is 0 Å². The highest BCUT2D eigenvalue weighted by Gasteiger charge is 2.42. The van der Waals surface area contributed by atoms with Crippen LogP contribution in [0.25, 0.3) is 11.1 Å². The molecule has 5 rings (SSSR count). The van der Waals surface area contributed by atoms with E-state index in [1.165, 1.54) is 48.1 Å². The lowest BCUT2D eigenvalue weighted by atomic mass is 9.73. The number of hydrogen-bond acceptors (Lipinski definition) is 1. The first-order valence-corrected chi connectivity index (χ1v) is 14.3. The van der Waals surface area contributed by atoms with E-state index in [1.807, 2.05) is 13.0 Å². The van der Waals surface area contributed by atoms with Crippen molar-refractivity contribution >= 4 is 16.7 Å². The van der Waals surface area contributed by atoms with Crippen molar-refractivity contribution in [3.63, 3.8) is 0 Å². The van der Waals surface area contributed by atoms with Gasteiger partial charge in [-0.1, -0.05) is 75.7 Å². The number of ketones is 1. The van der Waals surface area contributed by atoms with E-state index >= 15 is 0 Å². The fourth-order valence-electron chi connectivity index (χ4n) is 5.75. The Morgan fingerprint density at radius 1 is 0.649 bits per heavy atom. The third kappa shape index (κ3) is 4.57. The molecule has 190 valence electrons. The minimum Gasteiger partial charge on any atom is -0.294 e. The summed E-state index contributed by atoms with van der Waals surface area (Å²) in [7, 11) is -0.193. The zero-order valence-electron chi connectivity index (χ0n) is 22.0. The molecule has 0 radical (unpaired) electrons. The largest absolute Gasteiger partial charge is 0.294 e. The molecule has 0 amide bonds. The lowest BCUT2D eigenvalue weighted by Gasteiger charge is -2.30. The van der Waals surface area contributed by atoms with Crippen molar-refractivity contribution in [2.24, 2.45) is 0 Å². The zero-order valence-corrected chi connectivity index (χ0v) is 22.8. The van der Waals surface area contributed by atoms with Gasteiger partial charge in [0.05, 0.1) is 10.9 Å². The summed E-state index contributed by atoms with van der Waals surface area (Å²) in [6.07, 6.45) is 2.57. The Balaban J connectivity index is 0.00000320. The van der Waals surface area contributed by atoms with Gasteiger partial charge in [0.15, 0.2) is 20.5 Å². The molecule has 0 bridgehead atoms. The summed E-state index contributed by atoms with van der Waals surface area (Å²) in [4.78, 5) is 16.6. The van der Waals surface area contributed by atoms with Gasteiger partial charge in [-0.25, -0.2) is 0 Å². The maximum Gasteiger partial charge on any atom is 0.166 e. The van der Waals surface area contributed by atoms with Gasteiger partial charge >= 0.3 is 0 Å². The highest BCUT2D eigenvalue weighted by atomic mass is 32.2. The molecule has 0 aliphatic heterocycles. The zero-order chi connectivity index (χ0) is 25.4. The summed E-state index contributed by atoms with van der Waals surface area (Å²) in [5.41, 5.74) is 8.69. The standard InChI is InChI=1S/C34H35OS.CH4/c1-6-33(35)25-13-19-29-30-20-18-28(22-32(30)34(7-2,8-3)31(29)21-25)36(26-14-9-23(4)10-15-26)27-16-11-24(5)12-17-27;/h9-22H,6-8H2,1-5H3;1H4/q+1;. The van der Waals surface area contributed by atoms with Gasteiger partial charge in [0.25, 0.3) is 0 Å². The van der Waals surface area contributed by atoms with Crippen LogP contribution in [0.2, 0.25) is 0 Å².